The van der Waals surface area contributed by atoms with Gasteiger partial charge in [-0.05, 0) is 69.7 Å². The fraction of sp³-hybridized carbons (Fsp3) is 0.233. The Kier molecular flexibility index (Phi) is 8.11. The van der Waals surface area contributed by atoms with Crippen molar-refractivity contribution in [1.82, 2.24) is 14.7 Å². The van der Waals surface area contributed by atoms with Crippen LogP contribution in [0.25, 0.3) is 16.8 Å². The van der Waals surface area contributed by atoms with E-state index in [1.165, 1.54) is 4.90 Å². The number of aryl methyl sites for hydroxylation is 2. The van der Waals surface area contributed by atoms with Crippen molar-refractivity contribution >= 4 is 23.4 Å². The number of hydrogen-bond donors (Lipinski definition) is 2. The average molecular weight is 512 g/mol. The SMILES string of the molecule is COc1ccc(NC(=O)N(CC(=O)Nc2c(-c3ccccc3)c(C)nn2-c2ccc(C)cc2)C(C)C)cc1. The standard InChI is InChI=1S/C30H33N5O3/c1-20(2)34(30(37)31-24-13-17-26(38-5)18-14-24)19-27(36)32-29-28(23-9-7-6-8-10-23)22(4)33-35(29)25-15-11-21(3)12-16-25/h6-18,20H,19H2,1-5H3,(H,31,37)(H,32,36). The fourth-order valence-electron chi connectivity index (χ4n) is 4.15. The smallest absolute Gasteiger partial charge is 0.322 e. The van der Waals surface area contributed by atoms with Crippen molar-refractivity contribution in [2.24, 2.45) is 0 Å². The number of amides is 3. The summed E-state index contributed by atoms with van der Waals surface area (Å²) in [4.78, 5) is 28.0. The average Bonchev–Trinajstić information content (AvgIpc) is 3.23. The molecule has 0 atom stereocenters. The van der Waals surface area contributed by atoms with Crippen LogP contribution in [0, 0.1) is 13.8 Å². The van der Waals surface area contributed by atoms with E-state index in [0.717, 1.165) is 28.1 Å². The maximum atomic E-state index is 13.4. The van der Waals surface area contributed by atoms with Gasteiger partial charge in [0.25, 0.3) is 0 Å². The molecule has 8 heteroatoms. The number of carbonyl (C=O) groups is 2. The van der Waals surface area contributed by atoms with E-state index in [0.29, 0.717) is 17.3 Å². The Bertz CT molecular complexity index is 1390. The third kappa shape index (κ3) is 6.03. The monoisotopic (exact) mass is 511 g/mol. The molecule has 3 aromatic carbocycles. The summed E-state index contributed by atoms with van der Waals surface area (Å²) in [7, 11) is 1.59. The zero-order valence-corrected chi connectivity index (χ0v) is 22.4. The lowest BCUT2D eigenvalue weighted by Gasteiger charge is -2.26. The van der Waals surface area contributed by atoms with E-state index in [2.05, 4.69) is 10.6 Å². The molecular weight excluding hydrogens is 478 g/mol. The molecule has 0 spiro atoms. The van der Waals surface area contributed by atoms with Crippen molar-refractivity contribution < 1.29 is 14.3 Å². The van der Waals surface area contributed by atoms with Gasteiger partial charge in [-0.2, -0.15) is 5.10 Å². The normalized spacial score (nSPS) is 10.8. The fourth-order valence-corrected chi connectivity index (χ4v) is 4.15. The molecule has 2 N–H and O–H groups in total. The van der Waals surface area contributed by atoms with Crippen LogP contribution in [0.4, 0.5) is 16.3 Å². The minimum absolute atomic E-state index is 0.133. The van der Waals surface area contributed by atoms with Crippen molar-refractivity contribution in [2.75, 3.05) is 24.3 Å². The molecule has 1 aromatic heterocycles. The quantitative estimate of drug-likeness (QED) is 0.302. The second-order valence-electron chi connectivity index (χ2n) is 9.35. The number of urea groups is 1. The highest BCUT2D eigenvalue weighted by Crippen LogP contribution is 2.33. The number of hydrogen-bond acceptors (Lipinski definition) is 4. The Morgan fingerprint density at radius 1 is 0.921 bits per heavy atom. The zero-order chi connectivity index (χ0) is 27.2. The molecule has 0 aliphatic carbocycles. The van der Waals surface area contributed by atoms with Gasteiger partial charge in [-0.15, -0.1) is 0 Å². The van der Waals surface area contributed by atoms with E-state index >= 15 is 0 Å². The van der Waals surface area contributed by atoms with E-state index < -0.39 is 0 Å². The third-order valence-corrected chi connectivity index (χ3v) is 6.20. The Morgan fingerprint density at radius 2 is 1.58 bits per heavy atom. The molecule has 38 heavy (non-hydrogen) atoms. The Balaban J connectivity index is 1.61. The number of methoxy groups -OCH3 is 1. The van der Waals surface area contributed by atoms with Gasteiger partial charge < -0.3 is 20.3 Å². The van der Waals surface area contributed by atoms with Gasteiger partial charge in [0.1, 0.15) is 18.1 Å². The number of ether oxygens (including phenoxy) is 1. The lowest BCUT2D eigenvalue weighted by Crippen LogP contribution is -2.44. The van der Waals surface area contributed by atoms with Crippen LogP contribution in [0.5, 0.6) is 5.75 Å². The molecule has 196 valence electrons. The molecule has 3 amide bonds. The first-order valence-corrected chi connectivity index (χ1v) is 12.5. The molecular formula is C30H33N5O3. The van der Waals surface area contributed by atoms with Gasteiger partial charge in [-0.25, -0.2) is 9.48 Å². The van der Waals surface area contributed by atoms with Crippen LogP contribution in [0.2, 0.25) is 0 Å². The minimum Gasteiger partial charge on any atom is -0.497 e. The predicted molar refractivity (Wildman–Crippen MR) is 151 cm³/mol. The molecule has 0 saturated carbocycles. The van der Waals surface area contributed by atoms with Crippen molar-refractivity contribution in [3.05, 3.63) is 90.1 Å². The number of nitrogens with zero attached hydrogens (tertiary/aromatic N) is 3. The van der Waals surface area contributed by atoms with Gasteiger partial charge in [-0.3, -0.25) is 4.79 Å². The molecule has 1 heterocycles. The number of aromatic nitrogens is 2. The molecule has 0 saturated heterocycles. The predicted octanol–water partition coefficient (Wildman–Crippen LogP) is 6.05. The van der Waals surface area contributed by atoms with Crippen molar-refractivity contribution in [1.29, 1.82) is 0 Å². The summed E-state index contributed by atoms with van der Waals surface area (Å²) >= 11 is 0. The number of carbonyl (C=O) groups excluding carboxylic acids is 2. The van der Waals surface area contributed by atoms with Crippen LogP contribution in [-0.2, 0) is 4.79 Å². The molecule has 4 rings (SSSR count). The van der Waals surface area contributed by atoms with Gasteiger partial charge in [0, 0.05) is 17.3 Å². The second-order valence-corrected chi connectivity index (χ2v) is 9.35. The summed E-state index contributed by atoms with van der Waals surface area (Å²) in [5.41, 5.74) is 5.12. The number of rotatable bonds is 8. The molecule has 0 radical (unpaired) electrons. The Hall–Kier alpha value is -4.59. The topological polar surface area (TPSA) is 88.5 Å². The van der Waals surface area contributed by atoms with Crippen LogP contribution >= 0.6 is 0 Å². The van der Waals surface area contributed by atoms with Crippen LogP contribution in [0.3, 0.4) is 0 Å². The summed E-state index contributed by atoms with van der Waals surface area (Å²) in [5, 5.41) is 10.7. The summed E-state index contributed by atoms with van der Waals surface area (Å²) in [5.74, 6) is 0.925. The largest absolute Gasteiger partial charge is 0.497 e. The molecule has 8 nitrogen and oxygen atoms in total. The highest BCUT2D eigenvalue weighted by atomic mass is 16.5. The number of nitrogens with one attached hydrogen (secondary N) is 2. The van der Waals surface area contributed by atoms with Crippen molar-refractivity contribution in [2.45, 2.75) is 33.7 Å². The highest BCUT2D eigenvalue weighted by Gasteiger charge is 2.24. The van der Waals surface area contributed by atoms with Crippen molar-refractivity contribution in [3.63, 3.8) is 0 Å². The van der Waals surface area contributed by atoms with Crippen molar-refractivity contribution in [3.8, 4) is 22.6 Å². The molecule has 4 aromatic rings. The van der Waals surface area contributed by atoms with Gasteiger partial charge in [-0.1, -0.05) is 48.0 Å². The summed E-state index contributed by atoms with van der Waals surface area (Å²) in [6.45, 7) is 7.55. The number of anilines is 2. The van der Waals surface area contributed by atoms with Crippen LogP contribution < -0.4 is 15.4 Å². The minimum atomic E-state index is -0.369. The zero-order valence-electron chi connectivity index (χ0n) is 22.4. The van der Waals surface area contributed by atoms with Gasteiger partial charge in [0.15, 0.2) is 0 Å². The van der Waals surface area contributed by atoms with Crippen LogP contribution in [-0.4, -0.2) is 46.3 Å². The van der Waals surface area contributed by atoms with E-state index in [4.69, 9.17) is 9.84 Å². The Morgan fingerprint density at radius 3 is 2.18 bits per heavy atom. The highest BCUT2D eigenvalue weighted by molar-refractivity contribution is 5.99. The van der Waals surface area contributed by atoms with E-state index in [1.807, 2.05) is 82.3 Å². The Labute approximate surface area is 223 Å². The van der Waals surface area contributed by atoms with E-state index in [9.17, 15) is 9.59 Å². The van der Waals surface area contributed by atoms with Gasteiger partial charge in [0.2, 0.25) is 5.91 Å². The summed E-state index contributed by atoms with van der Waals surface area (Å²) in [6.07, 6.45) is 0. The second kappa shape index (κ2) is 11.6. The first-order valence-electron chi connectivity index (χ1n) is 12.5. The maximum absolute atomic E-state index is 13.4. The molecule has 0 bridgehead atoms. The molecule has 0 unspecified atom stereocenters. The lowest BCUT2D eigenvalue weighted by molar-refractivity contribution is -0.117. The summed E-state index contributed by atoms with van der Waals surface area (Å²) < 4.78 is 6.92. The molecule has 0 aliphatic rings. The first kappa shape index (κ1) is 26.5. The third-order valence-electron chi connectivity index (χ3n) is 6.20. The first-order chi connectivity index (χ1) is 18.3. The lowest BCUT2D eigenvalue weighted by atomic mass is 10.1. The molecule has 0 aliphatic heterocycles. The van der Waals surface area contributed by atoms with E-state index in [-0.39, 0.29) is 24.5 Å². The maximum Gasteiger partial charge on any atom is 0.322 e. The molecule has 0 fully saturated rings. The van der Waals surface area contributed by atoms with Gasteiger partial charge >= 0.3 is 6.03 Å². The van der Waals surface area contributed by atoms with E-state index in [1.54, 1.807) is 36.1 Å². The van der Waals surface area contributed by atoms with Crippen LogP contribution in [0.15, 0.2) is 78.9 Å². The van der Waals surface area contributed by atoms with Gasteiger partial charge in [0.05, 0.1) is 18.5 Å². The summed E-state index contributed by atoms with van der Waals surface area (Å²) in [6, 6.07) is 24.2. The van der Waals surface area contributed by atoms with Crippen LogP contribution in [0.1, 0.15) is 25.1 Å². The number of benzene rings is 3.